The highest BCUT2D eigenvalue weighted by Crippen LogP contribution is 2.17. The average molecular weight is 308 g/mol. The molecule has 0 aromatic heterocycles. The third-order valence-corrected chi connectivity index (χ3v) is 4.21. The quantitative estimate of drug-likeness (QED) is 0.696. The monoisotopic (exact) mass is 308 g/mol. The SMILES string of the molecule is CN1CCOCC1(CO)CNC(=O)CCc1cccc(O)c1. The predicted molar refractivity (Wildman–Crippen MR) is 82.7 cm³/mol. The number of aromatic hydroxyl groups is 1. The zero-order valence-corrected chi connectivity index (χ0v) is 12.9. The summed E-state index contributed by atoms with van der Waals surface area (Å²) in [5.74, 6) is 0.133. The first-order chi connectivity index (χ1) is 10.6. The number of phenolic OH excluding ortho intramolecular Hbond substituents is 1. The molecule has 1 aliphatic rings. The molecule has 1 aliphatic heterocycles. The van der Waals surface area contributed by atoms with Crippen LogP contribution in [0.3, 0.4) is 0 Å². The summed E-state index contributed by atoms with van der Waals surface area (Å²) in [6.45, 7) is 2.09. The first-order valence-corrected chi connectivity index (χ1v) is 7.50. The van der Waals surface area contributed by atoms with E-state index in [1.165, 1.54) is 0 Å². The van der Waals surface area contributed by atoms with Crippen LogP contribution in [0.1, 0.15) is 12.0 Å². The lowest BCUT2D eigenvalue weighted by atomic mass is 9.98. The summed E-state index contributed by atoms with van der Waals surface area (Å²) in [6, 6.07) is 6.90. The highest BCUT2D eigenvalue weighted by molar-refractivity contribution is 5.76. The molecule has 0 saturated carbocycles. The van der Waals surface area contributed by atoms with Crippen molar-refractivity contribution in [3.05, 3.63) is 29.8 Å². The van der Waals surface area contributed by atoms with Crippen molar-refractivity contribution in [1.29, 1.82) is 0 Å². The van der Waals surface area contributed by atoms with Crippen LogP contribution in [-0.2, 0) is 16.0 Å². The van der Waals surface area contributed by atoms with E-state index >= 15 is 0 Å². The Kier molecular flexibility index (Phi) is 5.76. The first-order valence-electron chi connectivity index (χ1n) is 7.50. The smallest absolute Gasteiger partial charge is 0.220 e. The fraction of sp³-hybridized carbons (Fsp3) is 0.562. The normalized spacial score (nSPS) is 22.5. The molecule has 122 valence electrons. The second-order valence-electron chi connectivity index (χ2n) is 5.80. The number of likely N-dealkylation sites (N-methyl/N-ethyl adjacent to an activating group) is 1. The number of hydrogen-bond acceptors (Lipinski definition) is 5. The lowest BCUT2D eigenvalue weighted by molar-refractivity contribution is -0.123. The molecular weight excluding hydrogens is 284 g/mol. The number of aliphatic hydroxyl groups excluding tert-OH is 1. The number of amides is 1. The van der Waals surface area contributed by atoms with Gasteiger partial charge in [-0.25, -0.2) is 0 Å². The van der Waals surface area contributed by atoms with Gasteiger partial charge < -0.3 is 20.3 Å². The van der Waals surface area contributed by atoms with Crippen LogP contribution < -0.4 is 5.32 Å². The van der Waals surface area contributed by atoms with Crippen LogP contribution in [0.15, 0.2) is 24.3 Å². The van der Waals surface area contributed by atoms with Crippen LogP contribution in [0.4, 0.5) is 0 Å². The molecule has 0 radical (unpaired) electrons. The summed E-state index contributed by atoms with van der Waals surface area (Å²) in [5, 5.41) is 21.9. The molecular formula is C16H24N2O4. The summed E-state index contributed by atoms with van der Waals surface area (Å²) >= 11 is 0. The van der Waals surface area contributed by atoms with Gasteiger partial charge in [0.05, 0.1) is 25.4 Å². The van der Waals surface area contributed by atoms with Crippen molar-refractivity contribution in [1.82, 2.24) is 10.2 Å². The maximum atomic E-state index is 12.0. The number of carbonyl (C=O) groups excluding carboxylic acids is 1. The molecule has 3 N–H and O–H groups in total. The molecule has 0 spiro atoms. The summed E-state index contributed by atoms with van der Waals surface area (Å²) in [5.41, 5.74) is 0.379. The Hall–Kier alpha value is -1.63. The highest BCUT2D eigenvalue weighted by atomic mass is 16.5. The van der Waals surface area contributed by atoms with E-state index in [-0.39, 0.29) is 18.3 Å². The minimum atomic E-state index is -0.543. The molecule has 1 unspecified atom stereocenters. The zero-order chi connectivity index (χ0) is 16.0. The van der Waals surface area contributed by atoms with Crippen LogP contribution in [0.2, 0.25) is 0 Å². The minimum Gasteiger partial charge on any atom is -0.508 e. The molecule has 1 atom stereocenters. The largest absolute Gasteiger partial charge is 0.508 e. The number of phenols is 1. The Morgan fingerprint density at radius 1 is 1.50 bits per heavy atom. The molecule has 6 nitrogen and oxygen atoms in total. The van der Waals surface area contributed by atoms with Gasteiger partial charge in [-0.15, -0.1) is 0 Å². The molecule has 22 heavy (non-hydrogen) atoms. The van der Waals surface area contributed by atoms with E-state index < -0.39 is 5.54 Å². The molecule has 1 aromatic carbocycles. The molecule has 1 saturated heterocycles. The molecule has 0 bridgehead atoms. The topological polar surface area (TPSA) is 82.0 Å². The summed E-state index contributed by atoms with van der Waals surface area (Å²) in [4.78, 5) is 14.0. The van der Waals surface area contributed by atoms with Crippen molar-refractivity contribution >= 4 is 5.91 Å². The maximum Gasteiger partial charge on any atom is 0.220 e. The van der Waals surface area contributed by atoms with E-state index in [1.54, 1.807) is 18.2 Å². The molecule has 1 aromatic rings. The van der Waals surface area contributed by atoms with Crippen LogP contribution in [0, 0.1) is 0 Å². The Morgan fingerprint density at radius 2 is 2.32 bits per heavy atom. The second kappa shape index (κ2) is 7.58. The van der Waals surface area contributed by atoms with Gasteiger partial charge in [0, 0.05) is 19.5 Å². The number of ether oxygens (including phenoxy) is 1. The third-order valence-electron chi connectivity index (χ3n) is 4.21. The zero-order valence-electron chi connectivity index (χ0n) is 12.9. The van der Waals surface area contributed by atoms with E-state index in [0.717, 1.165) is 12.1 Å². The van der Waals surface area contributed by atoms with Crippen LogP contribution in [-0.4, -0.2) is 66.5 Å². The molecule has 1 fully saturated rings. The number of hydrogen-bond donors (Lipinski definition) is 3. The third kappa shape index (κ3) is 4.19. The van der Waals surface area contributed by atoms with Crippen molar-refractivity contribution in [2.45, 2.75) is 18.4 Å². The summed E-state index contributed by atoms with van der Waals surface area (Å²) in [7, 11) is 1.93. The van der Waals surface area contributed by atoms with Crippen molar-refractivity contribution in [3.8, 4) is 5.75 Å². The van der Waals surface area contributed by atoms with Crippen molar-refractivity contribution in [3.63, 3.8) is 0 Å². The van der Waals surface area contributed by atoms with E-state index in [0.29, 0.717) is 32.6 Å². The van der Waals surface area contributed by atoms with Crippen LogP contribution in [0.25, 0.3) is 0 Å². The minimum absolute atomic E-state index is 0.0592. The van der Waals surface area contributed by atoms with Gasteiger partial charge in [0.1, 0.15) is 5.75 Å². The van der Waals surface area contributed by atoms with Crippen LogP contribution in [0.5, 0.6) is 5.75 Å². The van der Waals surface area contributed by atoms with Gasteiger partial charge in [0.15, 0.2) is 0 Å². The van der Waals surface area contributed by atoms with Crippen molar-refractivity contribution < 1.29 is 19.7 Å². The molecule has 1 heterocycles. The van der Waals surface area contributed by atoms with Gasteiger partial charge >= 0.3 is 0 Å². The molecule has 2 rings (SSSR count). The number of nitrogens with one attached hydrogen (secondary N) is 1. The second-order valence-corrected chi connectivity index (χ2v) is 5.80. The molecule has 6 heteroatoms. The van der Waals surface area contributed by atoms with E-state index in [9.17, 15) is 15.0 Å². The van der Waals surface area contributed by atoms with E-state index in [1.807, 2.05) is 18.0 Å². The maximum absolute atomic E-state index is 12.0. The van der Waals surface area contributed by atoms with E-state index in [4.69, 9.17) is 4.74 Å². The molecule has 0 aliphatic carbocycles. The van der Waals surface area contributed by atoms with Gasteiger partial charge in [0.2, 0.25) is 5.91 Å². The number of aryl methyl sites for hydroxylation is 1. The number of carbonyl (C=O) groups is 1. The van der Waals surface area contributed by atoms with Gasteiger partial charge in [0.25, 0.3) is 0 Å². The number of morpholine rings is 1. The first kappa shape index (κ1) is 16.7. The average Bonchev–Trinajstić information content (AvgIpc) is 2.52. The Balaban J connectivity index is 1.81. The number of nitrogens with zero attached hydrogens (tertiary/aromatic N) is 1. The predicted octanol–water partition coefficient (Wildman–Crippen LogP) is 0.134. The van der Waals surface area contributed by atoms with Crippen molar-refractivity contribution in [2.75, 3.05) is 40.0 Å². The van der Waals surface area contributed by atoms with E-state index in [2.05, 4.69) is 5.32 Å². The Labute approximate surface area is 130 Å². The van der Waals surface area contributed by atoms with Gasteiger partial charge in [-0.2, -0.15) is 0 Å². The van der Waals surface area contributed by atoms with Gasteiger partial charge in [-0.1, -0.05) is 12.1 Å². The summed E-state index contributed by atoms with van der Waals surface area (Å²) < 4.78 is 5.44. The Bertz CT molecular complexity index is 509. The van der Waals surface area contributed by atoms with Gasteiger partial charge in [-0.05, 0) is 31.2 Å². The lowest BCUT2D eigenvalue weighted by Gasteiger charge is -2.43. The Morgan fingerprint density at radius 3 is 3.00 bits per heavy atom. The fourth-order valence-corrected chi connectivity index (χ4v) is 2.54. The fourth-order valence-electron chi connectivity index (χ4n) is 2.54. The number of benzene rings is 1. The number of rotatable bonds is 6. The van der Waals surface area contributed by atoms with Gasteiger partial charge in [-0.3, -0.25) is 9.69 Å². The standard InChI is InChI=1S/C16H24N2O4/c1-18-7-8-22-12-16(18,11-19)10-17-15(21)6-5-13-3-2-4-14(20)9-13/h2-4,9,19-20H,5-8,10-12H2,1H3,(H,17,21). The van der Waals surface area contributed by atoms with Crippen molar-refractivity contribution in [2.24, 2.45) is 0 Å². The molecule has 1 amide bonds. The lowest BCUT2D eigenvalue weighted by Crippen LogP contribution is -2.62. The highest BCUT2D eigenvalue weighted by Gasteiger charge is 2.37. The van der Waals surface area contributed by atoms with Crippen LogP contribution >= 0.6 is 0 Å². The summed E-state index contributed by atoms with van der Waals surface area (Å²) in [6.07, 6.45) is 0.911. The number of aliphatic hydroxyl groups is 1.